The Balaban J connectivity index is 1.29. The molecule has 0 fully saturated rings. The molecular weight excluding hydrogens is 502 g/mol. The van der Waals surface area contributed by atoms with Gasteiger partial charge < -0.3 is 9.88 Å². The molecule has 0 atom stereocenters. The number of para-hydroxylation sites is 2. The van der Waals surface area contributed by atoms with Crippen molar-refractivity contribution in [2.24, 2.45) is 0 Å². The van der Waals surface area contributed by atoms with E-state index in [0.29, 0.717) is 6.54 Å². The van der Waals surface area contributed by atoms with Gasteiger partial charge in [0.15, 0.2) is 0 Å². The number of unbranched alkanes of at least 4 members (excludes halogenated alkanes) is 15. The topological polar surface area (TPSA) is 46.9 Å². The van der Waals surface area contributed by atoms with Crippen LogP contribution in [0.5, 0.6) is 0 Å². The number of rotatable bonds is 22. The van der Waals surface area contributed by atoms with Crippen molar-refractivity contribution in [1.29, 1.82) is 0 Å². The van der Waals surface area contributed by atoms with Gasteiger partial charge >= 0.3 is 0 Å². The van der Waals surface area contributed by atoms with Gasteiger partial charge in [-0.25, -0.2) is 4.98 Å². The van der Waals surface area contributed by atoms with Gasteiger partial charge in [-0.3, -0.25) is 4.79 Å². The van der Waals surface area contributed by atoms with E-state index in [0.717, 1.165) is 41.9 Å². The molecular formula is C37H57N3O. The fraction of sp³-hybridized carbons (Fsp3) is 0.622. The van der Waals surface area contributed by atoms with Crippen LogP contribution in [-0.2, 0) is 13.0 Å². The number of imidazole rings is 1. The maximum absolute atomic E-state index is 12.6. The van der Waals surface area contributed by atoms with Crippen LogP contribution in [0.2, 0.25) is 0 Å². The van der Waals surface area contributed by atoms with E-state index in [9.17, 15) is 4.79 Å². The molecule has 1 aromatic heterocycles. The highest BCUT2D eigenvalue weighted by Crippen LogP contribution is 2.19. The number of aromatic nitrogens is 2. The van der Waals surface area contributed by atoms with Crippen molar-refractivity contribution in [3.05, 3.63) is 65.0 Å². The summed E-state index contributed by atoms with van der Waals surface area (Å²) in [5.74, 6) is 1.16. The van der Waals surface area contributed by atoms with E-state index in [2.05, 4.69) is 54.1 Å². The summed E-state index contributed by atoms with van der Waals surface area (Å²) < 4.78 is 2.42. The Morgan fingerprint density at radius 3 is 1.93 bits per heavy atom. The first kappa shape index (κ1) is 32.9. The maximum atomic E-state index is 12.6. The lowest BCUT2D eigenvalue weighted by Gasteiger charge is -2.11. The predicted octanol–water partition coefficient (Wildman–Crippen LogP) is 10.3. The van der Waals surface area contributed by atoms with Crippen LogP contribution < -0.4 is 5.32 Å². The van der Waals surface area contributed by atoms with Crippen LogP contribution in [0.3, 0.4) is 0 Å². The standard InChI is InChI=1S/C37H57N3O/c1-4-5-6-7-8-9-10-11-12-13-14-15-16-17-18-21-29-40-35-24-20-19-23-34(35)39-36(40)25-22-28-38-37(41)33-27-26-31(2)30-32(33)3/h19-20,23-24,26-27,30H,4-18,21-22,25,28-29H2,1-3H3,(H,38,41). The molecule has 3 aromatic rings. The summed E-state index contributed by atoms with van der Waals surface area (Å²) >= 11 is 0. The number of hydrogen-bond acceptors (Lipinski definition) is 2. The molecule has 4 nitrogen and oxygen atoms in total. The highest BCUT2D eigenvalue weighted by atomic mass is 16.1. The van der Waals surface area contributed by atoms with E-state index < -0.39 is 0 Å². The molecule has 0 aliphatic rings. The van der Waals surface area contributed by atoms with E-state index in [1.54, 1.807) is 0 Å². The number of nitrogens with one attached hydrogen (secondary N) is 1. The van der Waals surface area contributed by atoms with Crippen LogP contribution in [-0.4, -0.2) is 22.0 Å². The van der Waals surface area contributed by atoms with Crippen molar-refractivity contribution in [3.8, 4) is 0 Å². The molecule has 226 valence electrons. The SMILES string of the molecule is CCCCCCCCCCCCCCCCCCn1c(CCCNC(=O)c2ccc(C)cc2C)nc2ccccc21. The lowest BCUT2D eigenvalue weighted by atomic mass is 10.0. The third-order valence-electron chi connectivity index (χ3n) is 8.46. The summed E-state index contributed by atoms with van der Waals surface area (Å²) in [4.78, 5) is 17.6. The Bertz CT molecular complexity index is 1150. The minimum atomic E-state index is 0.0177. The second-order valence-corrected chi connectivity index (χ2v) is 12.1. The fourth-order valence-electron chi connectivity index (χ4n) is 6.00. The van der Waals surface area contributed by atoms with E-state index >= 15 is 0 Å². The highest BCUT2D eigenvalue weighted by Gasteiger charge is 2.12. The summed E-state index contributed by atoms with van der Waals surface area (Å²) in [6.07, 6.45) is 24.0. The Labute approximate surface area is 250 Å². The second kappa shape index (κ2) is 19.5. The Hall–Kier alpha value is -2.62. The molecule has 0 spiro atoms. The van der Waals surface area contributed by atoms with Crippen LogP contribution in [0.4, 0.5) is 0 Å². The molecule has 3 rings (SSSR count). The first-order chi connectivity index (χ1) is 20.1. The van der Waals surface area contributed by atoms with Gasteiger partial charge in [-0.1, -0.05) is 133 Å². The van der Waals surface area contributed by atoms with Crippen molar-refractivity contribution in [1.82, 2.24) is 14.9 Å². The number of carbonyl (C=O) groups is 1. The van der Waals surface area contributed by atoms with Crippen LogP contribution in [0.15, 0.2) is 42.5 Å². The zero-order valence-electron chi connectivity index (χ0n) is 26.5. The molecule has 0 radical (unpaired) electrons. The summed E-state index contributed by atoms with van der Waals surface area (Å²) in [5, 5.41) is 3.11. The molecule has 1 heterocycles. The first-order valence-electron chi connectivity index (χ1n) is 16.9. The van der Waals surface area contributed by atoms with Gasteiger partial charge in [-0.2, -0.15) is 0 Å². The van der Waals surface area contributed by atoms with E-state index in [4.69, 9.17) is 4.98 Å². The van der Waals surface area contributed by atoms with Gasteiger partial charge in [0.05, 0.1) is 11.0 Å². The number of fused-ring (bicyclic) bond motifs is 1. The van der Waals surface area contributed by atoms with Gasteiger partial charge in [0.1, 0.15) is 5.82 Å². The summed E-state index contributed by atoms with van der Waals surface area (Å²) in [6.45, 7) is 8.04. The van der Waals surface area contributed by atoms with Crippen molar-refractivity contribution < 1.29 is 4.79 Å². The monoisotopic (exact) mass is 559 g/mol. The van der Waals surface area contributed by atoms with Gasteiger partial charge in [0.25, 0.3) is 5.91 Å². The fourth-order valence-corrected chi connectivity index (χ4v) is 6.00. The molecule has 0 saturated heterocycles. The molecule has 41 heavy (non-hydrogen) atoms. The van der Waals surface area contributed by atoms with Crippen LogP contribution in [0, 0.1) is 13.8 Å². The van der Waals surface area contributed by atoms with Crippen molar-refractivity contribution in [3.63, 3.8) is 0 Å². The van der Waals surface area contributed by atoms with Crippen molar-refractivity contribution >= 4 is 16.9 Å². The number of hydrogen-bond donors (Lipinski definition) is 1. The molecule has 0 bridgehead atoms. The zero-order valence-corrected chi connectivity index (χ0v) is 26.5. The lowest BCUT2D eigenvalue weighted by molar-refractivity contribution is 0.0952. The maximum Gasteiger partial charge on any atom is 0.251 e. The molecule has 2 aromatic carbocycles. The third kappa shape index (κ3) is 12.0. The average Bonchev–Trinajstić information content (AvgIpc) is 3.32. The van der Waals surface area contributed by atoms with Gasteiger partial charge in [-0.15, -0.1) is 0 Å². The van der Waals surface area contributed by atoms with E-state index in [1.165, 1.54) is 114 Å². The van der Waals surface area contributed by atoms with E-state index in [-0.39, 0.29) is 5.91 Å². The predicted molar refractivity (Wildman–Crippen MR) is 176 cm³/mol. The largest absolute Gasteiger partial charge is 0.352 e. The molecule has 1 amide bonds. The smallest absolute Gasteiger partial charge is 0.251 e. The molecule has 1 N–H and O–H groups in total. The van der Waals surface area contributed by atoms with Crippen LogP contribution in [0.25, 0.3) is 11.0 Å². The zero-order chi connectivity index (χ0) is 29.1. The summed E-state index contributed by atoms with van der Waals surface area (Å²) in [5.41, 5.74) is 5.30. The molecule has 0 aliphatic heterocycles. The minimum absolute atomic E-state index is 0.0177. The van der Waals surface area contributed by atoms with Crippen LogP contribution >= 0.6 is 0 Å². The number of nitrogens with zero attached hydrogens (tertiary/aromatic N) is 2. The van der Waals surface area contributed by atoms with Crippen molar-refractivity contribution in [2.45, 2.75) is 143 Å². The number of aryl methyl sites for hydroxylation is 4. The van der Waals surface area contributed by atoms with Crippen LogP contribution in [0.1, 0.15) is 143 Å². The van der Waals surface area contributed by atoms with Gasteiger partial charge in [0.2, 0.25) is 0 Å². The molecule has 0 unspecified atom stereocenters. The molecule has 4 heteroatoms. The second-order valence-electron chi connectivity index (χ2n) is 12.1. The Kier molecular flexibility index (Phi) is 15.6. The highest BCUT2D eigenvalue weighted by molar-refractivity contribution is 5.95. The van der Waals surface area contributed by atoms with Crippen molar-refractivity contribution in [2.75, 3.05) is 6.54 Å². The summed E-state index contributed by atoms with van der Waals surface area (Å²) in [6, 6.07) is 14.5. The number of benzene rings is 2. The normalized spacial score (nSPS) is 11.4. The molecule has 0 aliphatic carbocycles. The van der Waals surface area contributed by atoms with E-state index in [1.807, 2.05) is 19.1 Å². The molecule has 0 saturated carbocycles. The number of amides is 1. The average molecular weight is 560 g/mol. The lowest BCUT2D eigenvalue weighted by Crippen LogP contribution is -2.25. The quantitative estimate of drug-likeness (QED) is 0.124. The Morgan fingerprint density at radius 2 is 1.32 bits per heavy atom. The summed E-state index contributed by atoms with van der Waals surface area (Å²) in [7, 11) is 0. The van der Waals surface area contributed by atoms with Gasteiger partial charge in [-0.05, 0) is 50.5 Å². The minimum Gasteiger partial charge on any atom is -0.352 e. The third-order valence-corrected chi connectivity index (χ3v) is 8.46. The Morgan fingerprint density at radius 1 is 0.732 bits per heavy atom. The first-order valence-corrected chi connectivity index (χ1v) is 16.9. The number of carbonyl (C=O) groups excluding carboxylic acids is 1. The van der Waals surface area contributed by atoms with Gasteiger partial charge in [0, 0.05) is 25.1 Å².